The molecule has 1 aliphatic rings. The largest absolute Gasteiger partial charge is 0.296 e. The number of nitrogens with zero attached hydrogens (tertiary/aromatic N) is 3. The summed E-state index contributed by atoms with van der Waals surface area (Å²) in [6.45, 7) is 3.98. The first-order chi connectivity index (χ1) is 12.5. The molecular formula is C20H21ClN4O. The minimum absolute atomic E-state index is 0.0945. The average molecular weight is 369 g/mol. The van der Waals surface area contributed by atoms with Gasteiger partial charge in [0.15, 0.2) is 5.65 Å². The van der Waals surface area contributed by atoms with Crippen LogP contribution in [0.4, 0.5) is 5.95 Å². The summed E-state index contributed by atoms with van der Waals surface area (Å²) < 4.78 is 2.08. The van der Waals surface area contributed by atoms with Crippen molar-refractivity contribution < 1.29 is 4.79 Å². The van der Waals surface area contributed by atoms with Gasteiger partial charge in [-0.3, -0.25) is 14.7 Å². The molecule has 5 nitrogen and oxygen atoms in total. The van der Waals surface area contributed by atoms with E-state index < -0.39 is 0 Å². The summed E-state index contributed by atoms with van der Waals surface area (Å²) in [5.74, 6) is 0.496. The number of hydrogen-bond donors (Lipinski definition) is 1. The zero-order chi connectivity index (χ0) is 18.3. The predicted molar refractivity (Wildman–Crippen MR) is 104 cm³/mol. The Bertz CT molecular complexity index is 991. The van der Waals surface area contributed by atoms with Crippen LogP contribution >= 0.6 is 11.6 Å². The second-order valence-electron chi connectivity index (χ2n) is 7.04. The highest BCUT2D eigenvalue weighted by Crippen LogP contribution is 2.36. The van der Waals surface area contributed by atoms with Crippen molar-refractivity contribution in [3.05, 3.63) is 52.2 Å². The van der Waals surface area contributed by atoms with Crippen molar-refractivity contribution in [1.82, 2.24) is 14.5 Å². The lowest BCUT2D eigenvalue weighted by atomic mass is 9.93. The molecule has 1 amide bonds. The number of benzene rings is 1. The molecule has 0 saturated heterocycles. The van der Waals surface area contributed by atoms with Gasteiger partial charge in [-0.25, -0.2) is 9.97 Å². The third-order valence-corrected chi connectivity index (χ3v) is 5.26. The highest BCUT2D eigenvalue weighted by molar-refractivity contribution is 6.30. The molecule has 1 aliphatic carbocycles. The molecule has 0 spiro atoms. The molecule has 6 heteroatoms. The monoisotopic (exact) mass is 368 g/mol. The second-order valence-corrected chi connectivity index (χ2v) is 7.48. The zero-order valence-corrected chi connectivity index (χ0v) is 15.7. The van der Waals surface area contributed by atoms with Gasteiger partial charge in [0.05, 0.1) is 6.42 Å². The van der Waals surface area contributed by atoms with Gasteiger partial charge in [-0.1, -0.05) is 17.7 Å². The summed E-state index contributed by atoms with van der Waals surface area (Å²) in [4.78, 5) is 21.8. The number of aryl methyl sites for hydroxylation is 2. The molecule has 1 saturated carbocycles. The fourth-order valence-electron chi connectivity index (χ4n) is 3.33. The normalized spacial score (nSPS) is 14.4. The molecule has 2 heterocycles. The van der Waals surface area contributed by atoms with Crippen molar-refractivity contribution in [2.24, 2.45) is 0 Å². The molecule has 26 heavy (non-hydrogen) atoms. The number of halogens is 1. The van der Waals surface area contributed by atoms with E-state index in [-0.39, 0.29) is 12.3 Å². The van der Waals surface area contributed by atoms with Crippen LogP contribution in [0.5, 0.6) is 0 Å². The minimum atomic E-state index is -0.0945. The van der Waals surface area contributed by atoms with Crippen LogP contribution in [-0.4, -0.2) is 20.4 Å². The Kier molecular flexibility index (Phi) is 4.41. The van der Waals surface area contributed by atoms with Crippen LogP contribution in [0.1, 0.15) is 42.0 Å². The Morgan fingerprint density at radius 2 is 2.12 bits per heavy atom. The van der Waals surface area contributed by atoms with Gasteiger partial charge < -0.3 is 0 Å². The maximum absolute atomic E-state index is 12.6. The first-order valence-corrected chi connectivity index (χ1v) is 9.28. The quantitative estimate of drug-likeness (QED) is 0.731. The van der Waals surface area contributed by atoms with Gasteiger partial charge in [-0.05, 0) is 68.0 Å². The Labute approximate surface area is 157 Å². The number of rotatable bonds is 4. The molecule has 1 N–H and O–H groups in total. The third kappa shape index (κ3) is 3.19. The average Bonchev–Trinajstić information content (AvgIpc) is 2.86. The van der Waals surface area contributed by atoms with Crippen molar-refractivity contribution in [2.75, 3.05) is 5.32 Å². The molecule has 0 atom stereocenters. The standard InChI is InChI=1S/C20H21ClN4O/c1-12-8-17-19(22-11-12)25(16-4-3-5-16)20(23-17)24-18(26)10-14-9-15(21)7-6-13(14)2/h6-9,11,16H,3-5,10H2,1-2H3,(H,23,24,26). The number of fused-ring (bicyclic) bond motifs is 1. The number of aromatic nitrogens is 3. The lowest BCUT2D eigenvalue weighted by Gasteiger charge is -2.28. The minimum Gasteiger partial charge on any atom is -0.296 e. The van der Waals surface area contributed by atoms with Gasteiger partial charge in [0.25, 0.3) is 0 Å². The Hall–Kier alpha value is -2.40. The van der Waals surface area contributed by atoms with Gasteiger partial charge in [-0.2, -0.15) is 0 Å². The SMILES string of the molecule is Cc1cnc2c(c1)nc(NC(=O)Cc1cc(Cl)ccc1C)n2C1CCC1. The predicted octanol–water partition coefficient (Wildman–Crippen LogP) is 4.61. The Balaban J connectivity index is 1.63. The summed E-state index contributed by atoms with van der Waals surface area (Å²) in [6.07, 6.45) is 5.51. The topological polar surface area (TPSA) is 59.8 Å². The van der Waals surface area contributed by atoms with E-state index in [2.05, 4.69) is 19.9 Å². The maximum atomic E-state index is 12.6. The van der Waals surface area contributed by atoms with Gasteiger partial charge in [0, 0.05) is 17.3 Å². The zero-order valence-electron chi connectivity index (χ0n) is 14.9. The molecule has 0 aliphatic heterocycles. The van der Waals surface area contributed by atoms with Crippen molar-refractivity contribution in [3.63, 3.8) is 0 Å². The molecule has 0 radical (unpaired) electrons. The number of carbonyl (C=O) groups is 1. The number of nitrogens with one attached hydrogen (secondary N) is 1. The number of anilines is 1. The lowest BCUT2D eigenvalue weighted by Crippen LogP contribution is -2.23. The fourth-order valence-corrected chi connectivity index (χ4v) is 3.53. The van der Waals surface area contributed by atoms with Crippen LogP contribution < -0.4 is 5.32 Å². The summed E-state index contributed by atoms with van der Waals surface area (Å²) in [5.41, 5.74) is 4.70. The first-order valence-electron chi connectivity index (χ1n) is 8.91. The molecule has 1 aromatic carbocycles. The first kappa shape index (κ1) is 17.0. The molecule has 134 valence electrons. The summed E-state index contributed by atoms with van der Waals surface area (Å²) in [7, 11) is 0. The summed E-state index contributed by atoms with van der Waals surface area (Å²) >= 11 is 6.07. The van der Waals surface area contributed by atoms with E-state index in [9.17, 15) is 4.79 Å². The van der Waals surface area contributed by atoms with Crippen molar-refractivity contribution in [3.8, 4) is 0 Å². The Morgan fingerprint density at radius 1 is 1.31 bits per heavy atom. The molecular weight excluding hydrogens is 348 g/mol. The highest BCUT2D eigenvalue weighted by atomic mass is 35.5. The van der Waals surface area contributed by atoms with E-state index in [0.717, 1.165) is 40.7 Å². The Morgan fingerprint density at radius 3 is 2.85 bits per heavy atom. The second kappa shape index (κ2) is 6.72. The molecule has 0 bridgehead atoms. The van der Waals surface area contributed by atoms with Gasteiger partial charge in [0.1, 0.15) is 5.52 Å². The van der Waals surface area contributed by atoms with Gasteiger partial charge in [-0.15, -0.1) is 0 Å². The van der Waals surface area contributed by atoms with E-state index in [0.29, 0.717) is 17.0 Å². The number of amides is 1. The van der Waals surface area contributed by atoms with Crippen molar-refractivity contribution in [2.45, 2.75) is 45.6 Å². The number of imidazole rings is 1. The molecule has 0 unspecified atom stereocenters. The van der Waals surface area contributed by atoms with Crippen molar-refractivity contribution in [1.29, 1.82) is 0 Å². The van der Waals surface area contributed by atoms with Crippen LogP contribution in [0.15, 0.2) is 30.5 Å². The van der Waals surface area contributed by atoms with Crippen LogP contribution in [0.2, 0.25) is 5.02 Å². The van der Waals surface area contributed by atoms with Gasteiger partial charge >= 0.3 is 0 Å². The van der Waals surface area contributed by atoms with Crippen molar-refractivity contribution >= 4 is 34.6 Å². The smallest absolute Gasteiger partial charge is 0.231 e. The number of hydrogen-bond acceptors (Lipinski definition) is 3. The number of pyridine rings is 1. The fraction of sp³-hybridized carbons (Fsp3) is 0.350. The van der Waals surface area contributed by atoms with E-state index in [1.54, 1.807) is 0 Å². The van der Waals surface area contributed by atoms with Crippen LogP contribution in [0.3, 0.4) is 0 Å². The lowest BCUT2D eigenvalue weighted by molar-refractivity contribution is -0.115. The molecule has 4 rings (SSSR count). The molecule has 3 aromatic rings. The molecule has 2 aromatic heterocycles. The van der Waals surface area contributed by atoms with E-state index in [4.69, 9.17) is 11.6 Å². The summed E-state index contributed by atoms with van der Waals surface area (Å²) in [5, 5.41) is 3.63. The third-order valence-electron chi connectivity index (χ3n) is 5.02. The van der Waals surface area contributed by atoms with Crippen LogP contribution in [0, 0.1) is 13.8 Å². The number of carbonyl (C=O) groups excluding carboxylic acids is 1. The highest BCUT2D eigenvalue weighted by Gasteiger charge is 2.26. The van der Waals surface area contributed by atoms with Crippen LogP contribution in [0.25, 0.3) is 11.2 Å². The molecule has 1 fully saturated rings. The van der Waals surface area contributed by atoms with E-state index in [1.807, 2.05) is 44.3 Å². The van der Waals surface area contributed by atoms with Gasteiger partial charge in [0.2, 0.25) is 11.9 Å². The van der Waals surface area contributed by atoms with Crippen LogP contribution in [-0.2, 0) is 11.2 Å². The summed E-state index contributed by atoms with van der Waals surface area (Å²) in [6, 6.07) is 7.98. The van der Waals surface area contributed by atoms with E-state index >= 15 is 0 Å². The maximum Gasteiger partial charge on any atom is 0.231 e. The van der Waals surface area contributed by atoms with E-state index in [1.165, 1.54) is 6.42 Å².